The summed E-state index contributed by atoms with van der Waals surface area (Å²) in [5, 5.41) is 4.88. The van der Waals surface area contributed by atoms with E-state index in [0.717, 1.165) is 30.5 Å². The van der Waals surface area contributed by atoms with E-state index >= 15 is 0 Å². The van der Waals surface area contributed by atoms with Crippen molar-refractivity contribution in [3.63, 3.8) is 0 Å². The Morgan fingerprint density at radius 3 is 3.00 bits per heavy atom. The Bertz CT molecular complexity index is 543. The van der Waals surface area contributed by atoms with Gasteiger partial charge in [-0.1, -0.05) is 24.9 Å². The normalized spacial score (nSPS) is 20.3. The fourth-order valence-electron chi connectivity index (χ4n) is 2.42. The van der Waals surface area contributed by atoms with Crippen LogP contribution in [0.4, 0.5) is 0 Å². The molecule has 1 aromatic carbocycles. The lowest BCUT2D eigenvalue weighted by molar-refractivity contribution is -0.123. The van der Waals surface area contributed by atoms with Crippen LogP contribution in [0.5, 0.6) is 5.75 Å². The van der Waals surface area contributed by atoms with Gasteiger partial charge < -0.3 is 4.74 Å². The molecule has 0 saturated heterocycles. The fourth-order valence-corrected chi connectivity index (χ4v) is 2.65. The Balaban J connectivity index is 1.83. The second-order valence-corrected chi connectivity index (χ2v) is 5.92. The molecule has 0 aromatic heterocycles. The molecular formula is C16H21ClN2O2. The molecular weight excluding hydrogens is 288 g/mol. The second kappa shape index (κ2) is 7.46. The molecule has 0 unspecified atom stereocenters. The average Bonchev–Trinajstić information content (AvgIpc) is 2.45. The Morgan fingerprint density at radius 1 is 1.48 bits per heavy atom. The summed E-state index contributed by atoms with van der Waals surface area (Å²) in [5.41, 5.74) is 4.57. The highest BCUT2D eigenvalue weighted by Crippen LogP contribution is 2.22. The summed E-state index contributed by atoms with van der Waals surface area (Å²) in [4.78, 5) is 11.8. The van der Waals surface area contributed by atoms with Gasteiger partial charge in [-0.3, -0.25) is 4.79 Å². The summed E-state index contributed by atoms with van der Waals surface area (Å²) < 4.78 is 5.48. The van der Waals surface area contributed by atoms with Crippen molar-refractivity contribution in [1.82, 2.24) is 5.43 Å². The maximum absolute atomic E-state index is 11.8. The number of carbonyl (C=O) groups is 1. The van der Waals surface area contributed by atoms with E-state index in [1.54, 1.807) is 18.2 Å². The number of halogens is 1. The molecule has 0 spiro atoms. The van der Waals surface area contributed by atoms with E-state index in [2.05, 4.69) is 17.5 Å². The minimum Gasteiger partial charge on any atom is -0.483 e. The average molecular weight is 309 g/mol. The van der Waals surface area contributed by atoms with Crippen LogP contribution < -0.4 is 10.2 Å². The maximum atomic E-state index is 11.8. The molecule has 0 aliphatic heterocycles. The molecule has 1 saturated carbocycles. The van der Waals surface area contributed by atoms with Crippen LogP contribution in [0.25, 0.3) is 0 Å². The zero-order valence-electron chi connectivity index (χ0n) is 12.5. The second-order valence-electron chi connectivity index (χ2n) is 5.48. The topological polar surface area (TPSA) is 50.7 Å². The summed E-state index contributed by atoms with van der Waals surface area (Å²) in [6.45, 7) is 3.99. The lowest BCUT2D eigenvalue weighted by Crippen LogP contribution is -2.28. The quantitative estimate of drug-likeness (QED) is 0.862. The summed E-state index contributed by atoms with van der Waals surface area (Å²) in [7, 11) is 0. The zero-order valence-corrected chi connectivity index (χ0v) is 13.2. The molecule has 1 amide bonds. The smallest absolute Gasteiger partial charge is 0.277 e. The van der Waals surface area contributed by atoms with E-state index in [9.17, 15) is 4.79 Å². The first kappa shape index (κ1) is 15.8. The molecule has 5 heteroatoms. The number of benzene rings is 1. The van der Waals surface area contributed by atoms with E-state index in [-0.39, 0.29) is 12.5 Å². The van der Waals surface area contributed by atoms with Gasteiger partial charge in [-0.05, 0) is 55.9 Å². The van der Waals surface area contributed by atoms with Gasteiger partial charge >= 0.3 is 0 Å². The number of hydrogen-bond donors (Lipinski definition) is 1. The molecule has 4 nitrogen and oxygen atoms in total. The standard InChI is InChI=1S/C16H21ClN2O2/c1-11-5-3-4-6-14(11)18-19-16(20)10-21-15-8-7-13(17)9-12(15)2/h7-9,11H,3-6,10H2,1-2H3,(H,19,20)/b18-14-/t11-/m0/s1. The van der Waals surface area contributed by atoms with Gasteiger partial charge in [0, 0.05) is 10.7 Å². The van der Waals surface area contributed by atoms with Crippen LogP contribution in [0.15, 0.2) is 23.3 Å². The number of nitrogens with zero attached hydrogens (tertiary/aromatic N) is 1. The predicted octanol–water partition coefficient (Wildman–Crippen LogP) is 3.71. The minimum atomic E-state index is -0.241. The number of hydrogen-bond acceptors (Lipinski definition) is 3. The van der Waals surface area contributed by atoms with Gasteiger partial charge in [-0.2, -0.15) is 5.10 Å². The van der Waals surface area contributed by atoms with Gasteiger partial charge in [0.25, 0.3) is 5.91 Å². The van der Waals surface area contributed by atoms with Crippen LogP contribution in [0, 0.1) is 12.8 Å². The third-order valence-corrected chi connectivity index (χ3v) is 3.94. The van der Waals surface area contributed by atoms with E-state index in [1.165, 1.54) is 6.42 Å². The highest BCUT2D eigenvalue weighted by Gasteiger charge is 2.16. The van der Waals surface area contributed by atoms with Crippen molar-refractivity contribution in [1.29, 1.82) is 0 Å². The molecule has 1 atom stereocenters. The molecule has 0 heterocycles. The highest BCUT2D eigenvalue weighted by molar-refractivity contribution is 6.30. The fraction of sp³-hybridized carbons (Fsp3) is 0.500. The van der Waals surface area contributed by atoms with E-state index in [0.29, 0.717) is 16.7 Å². The summed E-state index contributed by atoms with van der Waals surface area (Å²) in [5.74, 6) is 0.876. The number of hydrazone groups is 1. The van der Waals surface area contributed by atoms with Crippen LogP contribution in [-0.2, 0) is 4.79 Å². The van der Waals surface area contributed by atoms with Gasteiger partial charge in [-0.25, -0.2) is 5.43 Å². The highest BCUT2D eigenvalue weighted by atomic mass is 35.5. The summed E-state index contributed by atoms with van der Waals surface area (Å²) in [6.07, 6.45) is 4.51. The van der Waals surface area contributed by atoms with Gasteiger partial charge in [0.1, 0.15) is 5.75 Å². The summed E-state index contributed by atoms with van der Waals surface area (Å²) in [6, 6.07) is 5.31. The molecule has 2 rings (SSSR count). The van der Waals surface area contributed by atoms with Gasteiger partial charge in [0.05, 0.1) is 0 Å². The van der Waals surface area contributed by atoms with Crippen molar-refractivity contribution in [3.8, 4) is 5.75 Å². The molecule has 1 aliphatic rings. The van der Waals surface area contributed by atoms with Crippen molar-refractivity contribution in [2.45, 2.75) is 39.5 Å². The lowest BCUT2D eigenvalue weighted by Gasteiger charge is -2.19. The molecule has 1 N–H and O–H groups in total. The first-order valence-corrected chi connectivity index (χ1v) is 7.68. The largest absolute Gasteiger partial charge is 0.483 e. The van der Waals surface area contributed by atoms with E-state index < -0.39 is 0 Å². The molecule has 0 bridgehead atoms. The monoisotopic (exact) mass is 308 g/mol. The van der Waals surface area contributed by atoms with Gasteiger partial charge in [0.15, 0.2) is 6.61 Å². The lowest BCUT2D eigenvalue weighted by atomic mass is 9.89. The van der Waals surface area contributed by atoms with Crippen LogP contribution in [0.2, 0.25) is 5.02 Å². The van der Waals surface area contributed by atoms with Crippen molar-refractivity contribution < 1.29 is 9.53 Å². The number of nitrogens with one attached hydrogen (secondary N) is 1. The molecule has 1 aromatic rings. The van der Waals surface area contributed by atoms with Crippen LogP contribution in [-0.4, -0.2) is 18.2 Å². The molecule has 1 fully saturated rings. The minimum absolute atomic E-state index is 0.0480. The summed E-state index contributed by atoms with van der Waals surface area (Å²) >= 11 is 5.88. The molecule has 21 heavy (non-hydrogen) atoms. The van der Waals surface area contributed by atoms with Gasteiger partial charge in [-0.15, -0.1) is 0 Å². The number of carbonyl (C=O) groups excluding carboxylic acids is 1. The Morgan fingerprint density at radius 2 is 2.29 bits per heavy atom. The number of aryl methyl sites for hydroxylation is 1. The van der Waals surface area contributed by atoms with Crippen LogP contribution in [0.3, 0.4) is 0 Å². The maximum Gasteiger partial charge on any atom is 0.277 e. The van der Waals surface area contributed by atoms with Crippen molar-refractivity contribution >= 4 is 23.2 Å². The number of ether oxygens (including phenoxy) is 1. The van der Waals surface area contributed by atoms with Crippen molar-refractivity contribution in [3.05, 3.63) is 28.8 Å². The van der Waals surface area contributed by atoms with Crippen molar-refractivity contribution in [2.24, 2.45) is 11.0 Å². The Hall–Kier alpha value is -1.55. The van der Waals surface area contributed by atoms with E-state index in [1.807, 2.05) is 6.92 Å². The Labute approximate surface area is 130 Å². The third kappa shape index (κ3) is 4.74. The first-order chi connectivity index (χ1) is 10.1. The number of rotatable bonds is 4. The third-order valence-electron chi connectivity index (χ3n) is 3.71. The number of amides is 1. The first-order valence-electron chi connectivity index (χ1n) is 7.30. The Kier molecular flexibility index (Phi) is 5.62. The molecule has 114 valence electrons. The molecule has 1 aliphatic carbocycles. The SMILES string of the molecule is Cc1cc(Cl)ccc1OCC(=O)N/N=C1/CCCC[C@@H]1C. The predicted molar refractivity (Wildman–Crippen MR) is 84.9 cm³/mol. The molecule has 0 radical (unpaired) electrons. The van der Waals surface area contributed by atoms with Crippen LogP contribution >= 0.6 is 11.6 Å². The van der Waals surface area contributed by atoms with Crippen LogP contribution in [0.1, 0.15) is 38.2 Å². The van der Waals surface area contributed by atoms with Crippen molar-refractivity contribution in [2.75, 3.05) is 6.61 Å². The van der Waals surface area contributed by atoms with Gasteiger partial charge in [0.2, 0.25) is 0 Å². The zero-order chi connectivity index (χ0) is 15.2. The van der Waals surface area contributed by atoms with E-state index in [4.69, 9.17) is 16.3 Å².